The number of rotatable bonds is 8. The third kappa shape index (κ3) is 6.28. The van der Waals surface area contributed by atoms with E-state index in [-0.39, 0.29) is 17.9 Å². The number of benzene rings is 2. The molecule has 0 heterocycles. The number of ether oxygens (including phenoxy) is 3. The Balaban J connectivity index is 1.89. The van der Waals surface area contributed by atoms with E-state index < -0.39 is 24.5 Å². The van der Waals surface area contributed by atoms with Gasteiger partial charge in [0.1, 0.15) is 5.75 Å². The van der Waals surface area contributed by atoms with Gasteiger partial charge in [0.15, 0.2) is 6.61 Å². The number of para-hydroxylation sites is 1. The van der Waals surface area contributed by atoms with E-state index in [4.69, 9.17) is 14.2 Å². The predicted octanol–water partition coefficient (Wildman–Crippen LogP) is 3.07. The highest BCUT2D eigenvalue weighted by Crippen LogP contribution is 2.16. The smallest absolute Gasteiger partial charge is 0.340 e. The van der Waals surface area contributed by atoms with Gasteiger partial charge in [0.2, 0.25) is 0 Å². The Morgan fingerprint density at radius 1 is 1.04 bits per heavy atom. The molecule has 2 aromatic carbocycles. The zero-order valence-corrected chi connectivity index (χ0v) is 15.6. The maximum atomic E-state index is 12.0. The van der Waals surface area contributed by atoms with Crippen LogP contribution < -0.4 is 10.1 Å². The van der Waals surface area contributed by atoms with Gasteiger partial charge in [0.05, 0.1) is 25.0 Å². The van der Waals surface area contributed by atoms with Gasteiger partial charge in [-0.2, -0.15) is 0 Å². The lowest BCUT2D eigenvalue weighted by atomic mass is 10.2. The molecular weight excluding hydrogens is 362 g/mol. The highest BCUT2D eigenvalue weighted by molar-refractivity contribution is 6.02. The molecule has 2 aromatic rings. The Morgan fingerprint density at radius 3 is 2.57 bits per heavy atom. The van der Waals surface area contributed by atoms with Crippen LogP contribution in [0.4, 0.5) is 5.69 Å². The van der Waals surface area contributed by atoms with Crippen molar-refractivity contribution >= 4 is 29.6 Å². The largest absolute Gasteiger partial charge is 0.497 e. The maximum absolute atomic E-state index is 12.0. The summed E-state index contributed by atoms with van der Waals surface area (Å²) in [5, 5.41) is 2.54. The van der Waals surface area contributed by atoms with Gasteiger partial charge < -0.3 is 19.5 Å². The van der Waals surface area contributed by atoms with E-state index in [1.54, 1.807) is 62.6 Å². The van der Waals surface area contributed by atoms with Gasteiger partial charge in [-0.25, -0.2) is 9.59 Å². The lowest BCUT2D eigenvalue weighted by molar-refractivity contribution is -0.142. The molecule has 0 aliphatic carbocycles. The second-order valence-corrected chi connectivity index (χ2v) is 5.53. The van der Waals surface area contributed by atoms with Crippen molar-refractivity contribution in [2.24, 2.45) is 0 Å². The molecule has 28 heavy (non-hydrogen) atoms. The lowest BCUT2D eigenvalue weighted by Gasteiger charge is -2.10. The Kier molecular flexibility index (Phi) is 7.77. The maximum Gasteiger partial charge on any atom is 0.340 e. The number of amides is 1. The van der Waals surface area contributed by atoms with Crippen LogP contribution in [0, 0.1) is 0 Å². The molecule has 2 rings (SSSR count). The Bertz CT molecular complexity index is 875. The molecule has 146 valence electrons. The summed E-state index contributed by atoms with van der Waals surface area (Å²) in [7, 11) is 1.55. The molecule has 0 fully saturated rings. The van der Waals surface area contributed by atoms with Crippen molar-refractivity contribution in [3.8, 4) is 5.75 Å². The Morgan fingerprint density at radius 2 is 1.82 bits per heavy atom. The van der Waals surface area contributed by atoms with E-state index >= 15 is 0 Å². The molecule has 0 saturated heterocycles. The Labute approximate surface area is 162 Å². The standard InChI is InChI=1S/C21H21NO6/c1-3-27-21(25)17-9-4-5-10-18(17)22-19(23)14-28-20(24)12-11-15-7-6-8-16(13-15)26-2/h4-13H,3,14H2,1-2H3,(H,22,23)/b12-11+. The summed E-state index contributed by atoms with van der Waals surface area (Å²) in [6.07, 6.45) is 2.77. The van der Waals surface area contributed by atoms with Crippen LogP contribution in [0.3, 0.4) is 0 Å². The summed E-state index contributed by atoms with van der Waals surface area (Å²) in [5.41, 5.74) is 1.26. The first kappa shape index (κ1) is 20.7. The van der Waals surface area contributed by atoms with Gasteiger partial charge in [-0.05, 0) is 42.8 Å². The van der Waals surface area contributed by atoms with E-state index in [9.17, 15) is 14.4 Å². The van der Waals surface area contributed by atoms with Crippen molar-refractivity contribution < 1.29 is 28.6 Å². The van der Waals surface area contributed by atoms with E-state index in [0.29, 0.717) is 5.75 Å². The van der Waals surface area contributed by atoms with E-state index in [1.165, 1.54) is 12.1 Å². The molecule has 7 nitrogen and oxygen atoms in total. The van der Waals surface area contributed by atoms with Crippen LogP contribution in [0.2, 0.25) is 0 Å². The van der Waals surface area contributed by atoms with Crippen LogP contribution in [0.5, 0.6) is 5.75 Å². The number of nitrogens with one attached hydrogen (secondary N) is 1. The van der Waals surface area contributed by atoms with Crippen molar-refractivity contribution in [1.29, 1.82) is 0 Å². The van der Waals surface area contributed by atoms with Crippen molar-refractivity contribution in [1.82, 2.24) is 0 Å². The summed E-state index contributed by atoms with van der Waals surface area (Å²) in [6, 6.07) is 13.6. The fourth-order valence-electron chi connectivity index (χ4n) is 2.26. The number of hydrogen-bond acceptors (Lipinski definition) is 6. The SMILES string of the molecule is CCOC(=O)c1ccccc1NC(=O)COC(=O)/C=C/c1cccc(OC)c1. The summed E-state index contributed by atoms with van der Waals surface area (Å²) in [6.45, 7) is 1.42. The van der Waals surface area contributed by atoms with Gasteiger partial charge >= 0.3 is 11.9 Å². The molecule has 0 saturated carbocycles. The van der Waals surface area contributed by atoms with Crippen molar-refractivity contribution in [2.75, 3.05) is 25.6 Å². The molecule has 0 bridgehead atoms. The number of carbonyl (C=O) groups is 3. The van der Waals surface area contributed by atoms with Crippen LogP contribution in [0.25, 0.3) is 6.08 Å². The van der Waals surface area contributed by atoms with Gasteiger partial charge in [-0.15, -0.1) is 0 Å². The number of methoxy groups -OCH3 is 1. The average molecular weight is 383 g/mol. The minimum Gasteiger partial charge on any atom is -0.497 e. The number of carbonyl (C=O) groups excluding carboxylic acids is 3. The monoisotopic (exact) mass is 383 g/mol. The summed E-state index contributed by atoms with van der Waals surface area (Å²) in [4.78, 5) is 35.7. The first-order valence-corrected chi connectivity index (χ1v) is 8.58. The van der Waals surface area contributed by atoms with Crippen LogP contribution in [0.1, 0.15) is 22.8 Å². The summed E-state index contributed by atoms with van der Waals surface area (Å²) < 4.78 is 15.0. The third-order valence-corrected chi connectivity index (χ3v) is 3.55. The zero-order chi connectivity index (χ0) is 20.4. The fourth-order valence-corrected chi connectivity index (χ4v) is 2.26. The van der Waals surface area contributed by atoms with E-state index in [0.717, 1.165) is 5.56 Å². The molecule has 0 spiro atoms. The van der Waals surface area contributed by atoms with Crippen LogP contribution in [0.15, 0.2) is 54.6 Å². The molecule has 7 heteroatoms. The topological polar surface area (TPSA) is 90.9 Å². The average Bonchev–Trinajstić information content (AvgIpc) is 2.71. The minimum absolute atomic E-state index is 0.221. The first-order valence-electron chi connectivity index (χ1n) is 8.58. The summed E-state index contributed by atoms with van der Waals surface area (Å²) >= 11 is 0. The van der Waals surface area contributed by atoms with Gasteiger partial charge in [-0.1, -0.05) is 24.3 Å². The molecule has 0 aliphatic rings. The van der Waals surface area contributed by atoms with Crippen LogP contribution in [-0.4, -0.2) is 38.2 Å². The quantitative estimate of drug-likeness (QED) is 0.556. The molecule has 0 aromatic heterocycles. The molecule has 1 N–H and O–H groups in total. The third-order valence-electron chi connectivity index (χ3n) is 3.55. The van der Waals surface area contributed by atoms with E-state index in [2.05, 4.69) is 5.32 Å². The minimum atomic E-state index is -0.670. The number of esters is 2. The highest BCUT2D eigenvalue weighted by Gasteiger charge is 2.14. The van der Waals surface area contributed by atoms with Crippen molar-refractivity contribution in [3.05, 3.63) is 65.7 Å². The number of anilines is 1. The van der Waals surface area contributed by atoms with Crippen molar-refractivity contribution in [3.63, 3.8) is 0 Å². The molecule has 0 aliphatic heterocycles. The lowest BCUT2D eigenvalue weighted by Crippen LogP contribution is -2.21. The van der Waals surface area contributed by atoms with Gasteiger partial charge in [-0.3, -0.25) is 4.79 Å². The predicted molar refractivity (Wildman–Crippen MR) is 104 cm³/mol. The summed E-state index contributed by atoms with van der Waals surface area (Å²) in [5.74, 6) is -1.12. The highest BCUT2D eigenvalue weighted by atomic mass is 16.5. The van der Waals surface area contributed by atoms with E-state index in [1.807, 2.05) is 0 Å². The van der Waals surface area contributed by atoms with Crippen LogP contribution >= 0.6 is 0 Å². The molecule has 0 radical (unpaired) electrons. The number of hydrogen-bond donors (Lipinski definition) is 1. The second kappa shape index (κ2) is 10.5. The van der Waals surface area contributed by atoms with Gasteiger partial charge in [0.25, 0.3) is 5.91 Å². The molecule has 0 atom stereocenters. The van der Waals surface area contributed by atoms with Crippen molar-refractivity contribution in [2.45, 2.75) is 6.92 Å². The van der Waals surface area contributed by atoms with Gasteiger partial charge in [0, 0.05) is 6.08 Å². The molecule has 1 amide bonds. The Hall–Kier alpha value is -3.61. The molecule has 0 unspecified atom stereocenters. The fraction of sp³-hybridized carbons (Fsp3) is 0.190. The van der Waals surface area contributed by atoms with Crippen LogP contribution in [-0.2, 0) is 19.1 Å². The molecular formula is C21H21NO6. The first-order chi connectivity index (χ1) is 13.5. The zero-order valence-electron chi connectivity index (χ0n) is 15.6. The second-order valence-electron chi connectivity index (χ2n) is 5.53. The normalized spacial score (nSPS) is 10.4.